The Morgan fingerprint density at radius 1 is 1.21 bits per heavy atom. The molecule has 176 valence electrons. The molecule has 0 saturated carbocycles. The van der Waals surface area contributed by atoms with Crippen LogP contribution in [0.15, 0.2) is 53.7 Å². The summed E-state index contributed by atoms with van der Waals surface area (Å²) in [6.07, 6.45) is 0.804. The molecule has 1 amide bonds. The summed E-state index contributed by atoms with van der Waals surface area (Å²) in [5.41, 5.74) is 2.64. The van der Waals surface area contributed by atoms with E-state index in [9.17, 15) is 4.79 Å². The lowest BCUT2D eigenvalue weighted by Crippen LogP contribution is -2.31. The van der Waals surface area contributed by atoms with Crippen LogP contribution in [0.4, 0.5) is 11.6 Å². The number of carbonyl (C=O) groups is 1. The Hall–Kier alpha value is -3.56. The molecule has 3 aromatic rings. The minimum absolute atomic E-state index is 0.251. The molecular weight excluding hydrogens is 458 g/mol. The predicted octanol–water partition coefficient (Wildman–Crippen LogP) is 4.17. The molecule has 5 rings (SSSR count). The molecule has 1 unspecified atom stereocenters. The summed E-state index contributed by atoms with van der Waals surface area (Å²) in [5.74, 6) is 2.10. The second-order valence-electron chi connectivity index (χ2n) is 8.01. The van der Waals surface area contributed by atoms with Gasteiger partial charge in [0.05, 0.1) is 18.8 Å². The minimum Gasteiger partial charge on any atom is -0.490 e. The van der Waals surface area contributed by atoms with E-state index in [1.165, 1.54) is 0 Å². The SMILES string of the molecule is COCc1nc2n(n1)C(c1ccc3c(c1)OCCCO3)C(C(=O)Nc1ccc(Cl)cc1)=C(C)N2. The van der Waals surface area contributed by atoms with Crippen molar-refractivity contribution in [2.75, 3.05) is 31.0 Å². The predicted molar refractivity (Wildman–Crippen MR) is 127 cm³/mol. The van der Waals surface area contributed by atoms with Crippen molar-refractivity contribution in [2.24, 2.45) is 0 Å². The van der Waals surface area contributed by atoms with Crippen LogP contribution >= 0.6 is 11.6 Å². The van der Waals surface area contributed by atoms with Crippen LogP contribution in [0.2, 0.25) is 5.02 Å². The summed E-state index contributed by atoms with van der Waals surface area (Å²) in [4.78, 5) is 18.1. The van der Waals surface area contributed by atoms with Gasteiger partial charge >= 0.3 is 0 Å². The van der Waals surface area contributed by atoms with Gasteiger partial charge in [-0.2, -0.15) is 10.1 Å². The standard InChI is InChI=1S/C24H24ClN5O4/c1-14-21(23(31)27-17-7-5-16(25)6-8-17)22(30-24(26-14)28-20(29-30)13-32-2)15-4-9-18-19(12-15)34-11-3-10-33-18/h4-9,12,22H,3,10-11,13H2,1-2H3,(H,27,31)(H,26,28,29). The topological polar surface area (TPSA) is 99.5 Å². The van der Waals surface area contributed by atoms with E-state index in [1.54, 1.807) is 36.1 Å². The van der Waals surface area contributed by atoms with E-state index in [0.29, 0.717) is 58.5 Å². The molecule has 0 radical (unpaired) electrons. The van der Waals surface area contributed by atoms with E-state index in [2.05, 4.69) is 20.7 Å². The number of methoxy groups -OCH3 is 1. The monoisotopic (exact) mass is 481 g/mol. The third kappa shape index (κ3) is 4.32. The zero-order valence-corrected chi connectivity index (χ0v) is 19.6. The molecule has 2 aliphatic heterocycles. The minimum atomic E-state index is -0.543. The number of anilines is 2. The summed E-state index contributed by atoms with van der Waals surface area (Å²) in [5, 5.41) is 11.4. The van der Waals surface area contributed by atoms with Gasteiger partial charge in [0.1, 0.15) is 12.6 Å². The largest absolute Gasteiger partial charge is 0.490 e. The zero-order valence-electron chi connectivity index (χ0n) is 18.8. The van der Waals surface area contributed by atoms with E-state index in [0.717, 1.165) is 12.0 Å². The zero-order chi connectivity index (χ0) is 23.7. The number of hydrogen-bond donors (Lipinski definition) is 2. The quantitative estimate of drug-likeness (QED) is 0.564. The molecule has 0 bridgehead atoms. The van der Waals surface area contributed by atoms with E-state index >= 15 is 0 Å². The van der Waals surface area contributed by atoms with E-state index < -0.39 is 6.04 Å². The molecule has 2 aliphatic rings. The van der Waals surface area contributed by atoms with Crippen LogP contribution in [0.5, 0.6) is 11.5 Å². The highest BCUT2D eigenvalue weighted by Gasteiger charge is 2.35. The number of rotatable bonds is 5. The fraction of sp³-hybridized carbons (Fsp3) is 0.292. The van der Waals surface area contributed by atoms with Crippen molar-refractivity contribution < 1.29 is 19.0 Å². The Bertz CT molecular complexity index is 1250. The lowest BCUT2D eigenvalue weighted by atomic mass is 9.94. The van der Waals surface area contributed by atoms with E-state index in [4.69, 9.17) is 25.8 Å². The summed E-state index contributed by atoms with van der Waals surface area (Å²) < 4.78 is 18.6. The summed E-state index contributed by atoms with van der Waals surface area (Å²) >= 11 is 5.99. The highest BCUT2D eigenvalue weighted by molar-refractivity contribution is 6.30. The van der Waals surface area contributed by atoms with Gasteiger partial charge in [-0.1, -0.05) is 17.7 Å². The van der Waals surface area contributed by atoms with Gasteiger partial charge < -0.3 is 24.8 Å². The molecule has 0 spiro atoms. The third-order valence-electron chi connectivity index (χ3n) is 5.60. The number of nitrogens with one attached hydrogen (secondary N) is 2. The number of carbonyl (C=O) groups excluding carboxylic acids is 1. The number of hydrogen-bond acceptors (Lipinski definition) is 7. The molecule has 2 aromatic carbocycles. The van der Waals surface area contributed by atoms with Gasteiger partial charge in [-0.15, -0.1) is 0 Å². The lowest BCUT2D eigenvalue weighted by molar-refractivity contribution is -0.113. The Kier molecular flexibility index (Phi) is 6.12. The molecule has 0 saturated heterocycles. The molecule has 34 heavy (non-hydrogen) atoms. The van der Waals surface area contributed by atoms with Gasteiger partial charge in [0.25, 0.3) is 5.91 Å². The van der Waals surface area contributed by atoms with Crippen molar-refractivity contribution in [3.05, 3.63) is 70.1 Å². The van der Waals surface area contributed by atoms with Crippen molar-refractivity contribution >= 4 is 29.1 Å². The highest BCUT2D eigenvalue weighted by atomic mass is 35.5. The van der Waals surface area contributed by atoms with Crippen LogP contribution in [0.3, 0.4) is 0 Å². The molecule has 1 atom stereocenters. The smallest absolute Gasteiger partial charge is 0.255 e. The number of halogens is 1. The first kappa shape index (κ1) is 22.2. The molecule has 0 aliphatic carbocycles. The molecule has 3 heterocycles. The van der Waals surface area contributed by atoms with Crippen molar-refractivity contribution in [1.82, 2.24) is 14.8 Å². The average molecular weight is 482 g/mol. The fourth-order valence-corrected chi connectivity index (χ4v) is 4.20. The van der Waals surface area contributed by atoms with E-state index in [1.807, 2.05) is 25.1 Å². The highest BCUT2D eigenvalue weighted by Crippen LogP contribution is 2.39. The Labute approximate surface area is 201 Å². The first-order valence-electron chi connectivity index (χ1n) is 10.9. The van der Waals surface area contributed by atoms with Gasteiger partial charge in [-0.25, -0.2) is 4.68 Å². The van der Waals surface area contributed by atoms with Crippen molar-refractivity contribution in [1.29, 1.82) is 0 Å². The molecule has 0 fully saturated rings. The van der Waals surface area contributed by atoms with Crippen LogP contribution in [0.25, 0.3) is 0 Å². The Balaban J connectivity index is 1.57. The number of benzene rings is 2. The van der Waals surface area contributed by atoms with Gasteiger partial charge in [0, 0.05) is 29.9 Å². The molecular formula is C24H24ClN5O4. The van der Waals surface area contributed by atoms with Crippen LogP contribution in [0, 0.1) is 0 Å². The van der Waals surface area contributed by atoms with Crippen LogP contribution in [-0.4, -0.2) is 41.0 Å². The maximum Gasteiger partial charge on any atom is 0.255 e. The maximum atomic E-state index is 13.5. The summed E-state index contributed by atoms with van der Waals surface area (Å²) in [6.45, 7) is 3.26. The Morgan fingerprint density at radius 2 is 1.97 bits per heavy atom. The van der Waals surface area contributed by atoms with Gasteiger partial charge in [-0.3, -0.25) is 4.79 Å². The second kappa shape index (κ2) is 9.36. The number of aromatic nitrogens is 3. The van der Waals surface area contributed by atoms with Crippen LogP contribution in [-0.2, 0) is 16.1 Å². The first-order valence-corrected chi connectivity index (χ1v) is 11.3. The number of ether oxygens (including phenoxy) is 3. The van der Waals surface area contributed by atoms with Crippen LogP contribution in [0.1, 0.15) is 30.8 Å². The first-order chi connectivity index (χ1) is 16.5. The number of fused-ring (bicyclic) bond motifs is 2. The number of amides is 1. The normalized spacial score (nSPS) is 17.0. The van der Waals surface area contributed by atoms with Crippen molar-refractivity contribution in [2.45, 2.75) is 26.0 Å². The van der Waals surface area contributed by atoms with Gasteiger partial charge in [-0.05, 0) is 48.9 Å². The van der Waals surface area contributed by atoms with Crippen molar-refractivity contribution in [3.63, 3.8) is 0 Å². The van der Waals surface area contributed by atoms with Gasteiger partial charge in [0.2, 0.25) is 5.95 Å². The summed E-state index contributed by atoms with van der Waals surface area (Å²) in [6, 6.07) is 12.1. The molecule has 10 heteroatoms. The maximum absolute atomic E-state index is 13.5. The average Bonchev–Trinajstić information content (AvgIpc) is 3.06. The molecule has 1 aromatic heterocycles. The third-order valence-corrected chi connectivity index (χ3v) is 5.86. The van der Waals surface area contributed by atoms with Gasteiger partial charge in [0.15, 0.2) is 17.3 Å². The van der Waals surface area contributed by atoms with E-state index in [-0.39, 0.29) is 12.5 Å². The van der Waals surface area contributed by atoms with Crippen molar-refractivity contribution in [3.8, 4) is 11.5 Å². The number of allylic oxidation sites excluding steroid dienone is 1. The van der Waals surface area contributed by atoms with Crippen LogP contribution < -0.4 is 20.1 Å². The molecule has 9 nitrogen and oxygen atoms in total. The fourth-order valence-electron chi connectivity index (χ4n) is 4.07. The lowest BCUT2D eigenvalue weighted by Gasteiger charge is -2.29. The summed E-state index contributed by atoms with van der Waals surface area (Å²) in [7, 11) is 1.59. The Morgan fingerprint density at radius 3 is 2.74 bits per heavy atom. The number of nitrogens with zero attached hydrogens (tertiary/aromatic N) is 3. The molecule has 2 N–H and O–H groups in total. The second-order valence-corrected chi connectivity index (χ2v) is 8.45.